The van der Waals surface area contributed by atoms with E-state index in [0.29, 0.717) is 19.4 Å². The number of amides is 3. The minimum Gasteiger partial charge on any atom is -0.363 e. The molecule has 172 valence electrons. The van der Waals surface area contributed by atoms with Crippen molar-refractivity contribution in [2.24, 2.45) is 5.92 Å². The Hall–Kier alpha value is -2.93. The quantitative estimate of drug-likeness (QED) is 0.661. The molecule has 0 radical (unpaired) electrons. The van der Waals surface area contributed by atoms with E-state index in [-0.39, 0.29) is 36.2 Å². The Balaban J connectivity index is 1.52. The second-order valence-corrected chi connectivity index (χ2v) is 8.95. The van der Waals surface area contributed by atoms with Crippen LogP contribution in [0.1, 0.15) is 32.3 Å². The molecule has 2 aromatic carbocycles. The van der Waals surface area contributed by atoms with Gasteiger partial charge in [0.2, 0.25) is 11.8 Å². The highest BCUT2D eigenvalue weighted by Gasteiger charge is 2.32. The van der Waals surface area contributed by atoms with Crippen LogP contribution in [-0.4, -0.2) is 61.5 Å². The number of fused-ring (bicyclic) bond motifs is 1. The number of nitrogens with zero attached hydrogens (tertiary/aromatic N) is 1. The Morgan fingerprint density at radius 3 is 2.47 bits per heavy atom. The number of benzene rings is 2. The molecular weight excluding hydrogens is 406 g/mol. The van der Waals surface area contributed by atoms with Crippen molar-refractivity contribution in [2.75, 3.05) is 20.6 Å². The van der Waals surface area contributed by atoms with Gasteiger partial charge in [0.05, 0.1) is 12.5 Å². The lowest BCUT2D eigenvalue weighted by Gasteiger charge is -2.23. The molecule has 3 amide bonds. The van der Waals surface area contributed by atoms with Gasteiger partial charge >= 0.3 is 0 Å². The summed E-state index contributed by atoms with van der Waals surface area (Å²) in [5.74, 6) is -0.552. The third kappa shape index (κ3) is 6.07. The first-order valence-electron chi connectivity index (χ1n) is 11.2. The van der Waals surface area contributed by atoms with E-state index in [9.17, 15) is 14.4 Å². The van der Waals surface area contributed by atoms with Gasteiger partial charge in [0.25, 0.3) is 5.91 Å². The number of rotatable bonds is 8. The summed E-state index contributed by atoms with van der Waals surface area (Å²) in [6.07, 6.45) is 0.920. The molecule has 2 N–H and O–H groups in total. The van der Waals surface area contributed by atoms with Gasteiger partial charge in [-0.15, -0.1) is 0 Å². The fourth-order valence-corrected chi connectivity index (χ4v) is 3.94. The second-order valence-electron chi connectivity index (χ2n) is 8.95. The van der Waals surface area contributed by atoms with Crippen molar-refractivity contribution >= 4 is 28.5 Å². The number of carbonyl (C=O) groups excluding carboxylic acids is 3. The van der Waals surface area contributed by atoms with Gasteiger partial charge < -0.3 is 20.3 Å². The van der Waals surface area contributed by atoms with Gasteiger partial charge in [-0.2, -0.15) is 0 Å². The number of nitrogens with one attached hydrogen (secondary N) is 2. The van der Waals surface area contributed by atoms with Crippen LogP contribution >= 0.6 is 0 Å². The molecule has 7 nitrogen and oxygen atoms in total. The monoisotopic (exact) mass is 439 g/mol. The first-order valence-corrected chi connectivity index (χ1v) is 11.2. The second kappa shape index (κ2) is 10.6. The van der Waals surface area contributed by atoms with E-state index in [1.807, 2.05) is 56.3 Å². The number of hydrogen-bond donors (Lipinski definition) is 2. The minimum absolute atomic E-state index is 0.0557. The van der Waals surface area contributed by atoms with Crippen LogP contribution in [0.15, 0.2) is 42.5 Å². The maximum absolute atomic E-state index is 12.8. The van der Waals surface area contributed by atoms with Crippen LogP contribution in [0.25, 0.3) is 10.8 Å². The molecule has 0 unspecified atom stereocenters. The summed E-state index contributed by atoms with van der Waals surface area (Å²) < 4.78 is 5.78. The Labute approximate surface area is 189 Å². The summed E-state index contributed by atoms with van der Waals surface area (Å²) >= 11 is 0. The molecule has 3 rings (SSSR count). The zero-order chi connectivity index (χ0) is 23.3. The van der Waals surface area contributed by atoms with Crippen LogP contribution in [0.3, 0.4) is 0 Å². The molecule has 0 aliphatic carbocycles. The van der Waals surface area contributed by atoms with Gasteiger partial charge in [-0.25, -0.2) is 0 Å². The topological polar surface area (TPSA) is 87.7 Å². The first-order chi connectivity index (χ1) is 15.2. The lowest BCUT2D eigenvalue weighted by Crippen LogP contribution is -2.51. The summed E-state index contributed by atoms with van der Waals surface area (Å²) in [6.45, 7) is 4.12. The lowest BCUT2D eigenvalue weighted by molar-refractivity contribution is -0.140. The molecule has 0 bridgehead atoms. The van der Waals surface area contributed by atoms with E-state index in [4.69, 9.17) is 4.74 Å². The van der Waals surface area contributed by atoms with Gasteiger partial charge in [0.1, 0.15) is 12.1 Å². The summed E-state index contributed by atoms with van der Waals surface area (Å²) in [6, 6.07) is 13.3. The van der Waals surface area contributed by atoms with E-state index in [1.165, 1.54) is 4.90 Å². The average molecular weight is 440 g/mol. The van der Waals surface area contributed by atoms with Crippen molar-refractivity contribution in [3.8, 4) is 0 Å². The maximum Gasteiger partial charge on any atom is 0.251 e. The summed E-state index contributed by atoms with van der Waals surface area (Å²) in [7, 11) is 3.41. The largest absolute Gasteiger partial charge is 0.363 e. The summed E-state index contributed by atoms with van der Waals surface area (Å²) in [5.41, 5.74) is 0.903. The fraction of sp³-hybridized carbons (Fsp3) is 0.480. The molecule has 0 saturated carbocycles. The van der Waals surface area contributed by atoms with Gasteiger partial charge in [-0.05, 0) is 35.1 Å². The highest BCUT2D eigenvalue weighted by atomic mass is 16.5. The predicted molar refractivity (Wildman–Crippen MR) is 124 cm³/mol. The molecule has 0 spiro atoms. The Morgan fingerprint density at radius 2 is 1.78 bits per heavy atom. The van der Waals surface area contributed by atoms with Gasteiger partial charge in [-0.3, -0.25) is 14.4 Å². The Morgan fingerprint density at radius 1 is 1.06 bits per heavy atom. The zero-order valence-electron chi connectivity index (χ0n) is 19.3. The molecule has 3 atom stereocenters. The fourth-order valence-electron chi connectivity index (χ4n) is 3.94. The minimum atomic E-state index is -0.636. The van der Waals surface area contributed by atoms with Crippen molar-refractivity contribution in [3.05, 3.63) is 48.0 Å². The molecular formula is C25H33N3O4. The van der Waals surface area contributed by atoms with Crippen LogP contribution < -0.4 is 10.6 Å². The number of carbonyl (C=O) groups is 3. The Kier molecular flexibility index (Phi) is 7.85. The smallest absolute Gasteiger partial charge is 0.251 e. The molecule has 2 aromatic rings. The highest BCUT2D eigenvalue weighted by Crippen LogP contribution is 2.20. The van der Waals surface area contributed by atoms with Crippen LogP contribution in [0.2, 0.25) is 0 Å². The highest BCUT2D eigenvalue weighted by molar-refractivity contribution is 5.89. The van der Waals surface area contributed by atoms with Crippen LogP contribution in [0.4, 0.5) is 0 Å². The maximum atomic E-state index is 12.8. The van der Waals surface area contributed by atoms with E-state index in [2.05, 4.69) is 10.6 Å². The zero-order valence-corrected chi connectivity index (χ0v) is 19.3. The van der Waals surface area contributed by atoms with Crippen molar-refractivity contribution in [1.29, 1.82) is 0 Å². The average Bonchev–Trinajstić information content (AvgIpc) is 3.24. The molecule has 1 heterocycles. The standard InChI is InChI=1S/C25H33N3O4/c1-16(2)23(24(30)26-15-20-11-12-21(32-20)25(31)28(3)4)27-22(29)14-17-9-10-18-7-5-6-8-19(18)13-17/h5-10,13,16,20-21,23H,11-12,14-15H2,1-4H3,(H,26,30)(H,27,29)/t20-,21-,23-/m0/s1. The van der Waals surface area contributed by atoms with Crippen molar-refractivity contribution in [1.82, 2.24) is 15.5 Å². The molecule has 1 aliphatic heterocycles. The van der Waals surface area contributed by atoms with Crippen molar-refractivity contribution in [3.63, 3.8) is 0 Å². The first kappa shape index (κ1) is 23.7. The molecule has 7 heteroatoms. The van der Waals surface area contributed by atoms with Crippen molar-refractivity contribution in [2.45, 2.75) is 51.4 Å². The molecule has 1 aliphatic rings. The molecule has 0 aromatic heterocycles. The molecule has 32 heavy (non-hydrogen) atoms. The third-order valence-corrected chi connectivity index (χ3v) is 5.77. The van der Waals surface area contributed by atoms with Gasteiger partial charge in [-0.1, -0.05) is 56.3 Å². The van der Waals surface area contributed by atoms with Gasteiger partial charge in [0.15, 0.2) is 0 Å². The summed E-state index contributed by atoms with van der Waals surface area (Å²) in [5, 5.41) is 7.97. The number of likely N-dealkylation sites (N-methyl/N-ethyl adjacent to an activating group) is 1. The molecule has 1 saturated heterocycles. The normalized spacial score (nSPS) is 19.0. The van der Waals surface area contributed by atoms with Crippen LogP contribution in [0.5, 0.6) is 0 Å². The van der Waals surface area contributed by atoms with E-state index in [0.717, 1.165) is 16.3 Å². The predicted octanol–water partition coefficient (Wildman–Crippen LogP) is 2.28. The van der Waals surface area contributed by atoms with Crippen LogP contribution in [-0.2, 0) is 25.5 Å². The van der Waals surface area contributed by atoms with E-state index >= 15 is 0 Å². The van der Waals surface area contributed by atoms with Gasteiger partial charge in [0, 0.05) is 20.6 Å². The van der Waals surface area contributed by atoms with E-state index < -0.39 is 12.1 Å². The number of hydrogen-bond acceptors (Lipinski definition) is 4. The SMILES string of the molecule is CC(C)[C@H](NC(=O)Cc1ccc2ccccc2c1)C(=O)NC[C@@H]1CC[C@@H](C(=O)N(C)C)O1. The van der Waals surface area contributed by atoms with Crippen LogP contribution in [0, 0.1) is 5.92 Å². The Bertz CT molecular complexity index is 973. The van der Waals surface area contributed by atoms with E-state index in [1.54, 1.807) is 14.1 Å². The molecule has 1 fully saturated rings. The number of ether oxygens (including phenoxy) is 1. The summed E-state index contributed by atoms with van der Waals surface area (Å²) in [4.78, 5) is 39.0. The third-order valence-electron chi connectivity index (χ3n) is 5.77. The van der Waals surface area contributed by atoms with Crippen molar-refractivity contribution < 1.29 is 19.1 Å². The lowest BCUT2D eigenvalue weighted by atomic mass is 10.0.